The van der Waals surface area contributed by atoms with Crippen molar-refractivity contribution in [3.05, 3.63) is 12.7 Å². The maximum absolute atomic E-state index is 5.75. The highest BCUT2D eigenvalue weighted by atomic mass is 15.2. The second-order valence-corrected chi connectivity index (χ2v) is 4.14. The third-order valence-corrected chi connectivity index (χ3v) is 3.43. The third-order valence-electron chi connectivity index (χ3n) is 3.43. The van der Waals surface area contributed by atoms with Crippen molar-refractivity contribution in [3.8, 4) is 0 Å². The number of rotatable bonds is 4. The summed E-state index contributed by atoms with van der Waals surface area (Å²) in [6.07, 6.45) is 5.94. The molecule has 0 radical (unpaired) electrons. The van der Waals surface area contributed by atoms with Crippen molar-refractivity contribution in [2.75, 3.05) is 13.6 Å². The summed E-state index contributed by atoms with van der Waals surface area (Å²) < 4.78 is 0. The van der Waals surface area contributed by atoms with E-state index in [9.17, 15) is 0 Å². The molecule has 1 fully saturated rings. The summed E-state index contributed by atoms with van der Waals surface area (Å²) in [5.41, 5.74) is 5.75. The number of nitrogens with zero attached hydrogens (tertiary/aromatic N) is 1. The molecular formula is C11H22N2. The van der Waals surface area contributed by atoms with Crippen LogP contribution >= 0.6 is 0 Å². The first kappa shape index (κ1) is 10.7. The minimum absolute atomic E-state index is 0.470. The van der Waals surface area contributed by atoms with E-state index in [-0.39, 0.29) is 0 Å². The number of nitrogens with two attached hydrogens (primary N) is 1. The highest BCUT2D eigenvalue weighted by Gasteiger charge is 2.30. The average molecular weight is 182 g/mol. The van der Waals surface area contributed by atoms with E-state index in [1.54, 1.807) is 0 Å². The molecule has 1 saturated carbocycles. The molecule has 2 N–H and O–H groups in total. The highest BCUT2D eigenvalue weighted by molar-refractivity contribution is 4.91. The van der Waals surface area contributed by atoms with Crippen LogP contribution in [0.3, 0.4) is 0 Å². The van der Waals surface area contributed by atoms with E-state index in [2.05, 4.69) is 25.5 Å². The lowest BCUT2D eigenvalue weighted by Gasteiger charge is -2.32. The molecular weight excluding hydrogens is 160 g/mol. The van der Waals surface area contributed by atoms with E-state index in [4.69, 9.17) is 5.73 Å². The fraction of sp³-hybridized carbons (Fsp3) is 0.818. The van der Waals surface area contributed by atoms with Crippen LogP contribution in [0.1, 0.15) is 26.2 Å². The molecule has 0 aromatic heterocycles. The van der Waals surface area contributed by atoms with Gasteiger partial charge in [-0.25, -0.2) is 0 Å². The molecule has 0 aliphatic heterocycles. The van der Waals surface area contributed by atoms with Crippen molar-refractivity contribution in [2.24, 2.45) is 11.7 Å². The van der Waals surface area contributed by atoms with Crippen LogP contribution in [0.5, 0.6) is 0 Å². The summed E-state index contributed by atoms with van der Waals surface area (Å²) in [6.45, 7) is 6.86. The first-order chi connectivity index (χ1) is 6.20. The van der Waals surface area contributed by atoms with Gasteiger partial charge in [0.25, 0.3) is 0 Å². The Morgan fingerprint density at radius 1 is 1.62 bits per heavy atom. The van der Waals surface area contributed by atoms with Gasteiger partial charge in [-0.2, -0.15) is 0 Å². The highest BCUT2D eigenvalue weighted by Crippen LogP contribution is 2.29. The van der Waals surface area contributed by atoms with Gasteiger partial charge in [-0.1, -0.05) is 12.5 Å². The first-order valence-corrected chi connectivity index (χ1v) is 5.25. The summed E-state index contributed by atoms with van der Waals surface area (Å²) in [7, 11) is 2.19. The van der Waals surface area contributed by atoms with Crippen LogP contribution < -0.4 is 5.73 Å². The Morgan fingerprint density at radius 3 is 2.85 bits per heavy atom. The first-order valence-electron chi connectivity index (χ1n) is 5.25. The van der Waals surface area contributed by atoms with Gasteiger partial charge in [0, 0.05) is 12.1 Å². The molecule has 0 bridgehead atoms. The van der Waals surface area contributed by atoms with Crippen LogP contribution in [0.15, 0.2) is 12.7 Å². The Hall–Kier alpha value is -0.340. The summed E-state index contributed by atoms with van der Waals surface area (Å²) >= 11 is 0. The molecule has 0 aromatic rings. The number of hydrogen-bond acceptors (Lipinski definition) is 2. The van der Waals surface area contributed by atoms with Gasteiger partial charge in [-0.05, 0) is 39.3 Å². The molecule has 3 unspecified atom stereocenters. The lowest BCUT2D eigenvalue weighted by molar-refractivity contribution is 0.176. The Morgan fingerprint density at radius 2 is 2.31 bits per heavy atom. The van der Waals surface area contributed by atoms with Gasteiger partial charge < -0.3 is 5.73 Å². The maximum atomic E-state index is 5.75. The van der Waals surface area contributed by atoms with E-state index in [0.29, 0.717) is 18.0 Å². The van der Waals surface area contributed by atoms with Crippen molar-refractivity contribution in [3.63, 3.8) is 0 Å². The van der Waals surface area contributed by atoms with Crippen LogP contribution in [-0.2, 0) is 0 Å². The monoisotopic (exact) mass is 182 g/mol. The Balaban J connectivity index is 2.54. The van der Waals surface area contributed by atoms with Crippen LogP contribution in [0.2, 0.25) is 0 Å². The average Bonchev–Trinajstić information content (AvgIpc) is 2.62. The quantitative estimate of drug-likeness (QED) is 0.669. The smallest absolute Gasteiger partial charge is 0.0247 e. The van der Waals surface area contributed by atoms with Crippen molar-refractivity contribution in [2.45, 2.75) is 38.3 Å². The standard InChI is InChI=1S/C11H22N2/c1-4-9(2)13(3)11-7-5-6-10(11)8-12/h4,9-11H,1,5-8,12H2,2-3H3. The Bertz CT molecular complexity index is 167. The van der Waals surface area contributed by atoms with E-state index in [1.165, 1.54) is 19.3 Å². The molecule has 1 aliphatic carbocycles. The van der Waals surface area contributed by atoms with E-state index in [1.807, 2.05) is 6.08 Å². The van der Waals surface area contributed by atoms with Gasteiger partial charge in [0.15, 0.2) is 0 Å². The van der Waals surface area contributed by atoms with Crippen molar-refractivity contribution in [1.82, 2.24) is 4.90 Å². The molecule has 13 heavy (non-hydrogen) atoms. The van der Waals surface area contributed by atoms with Crippen molar-refractivity contribution in [1.29, 1.82) is 0 Å². The molecule has 2 nitrogen and oxygen atoms in total. The normalized spacial score (nSPS) is 30.8. The predicted octanol–water partition coefficient (Wildman–Crippen LogP) is 1.62. The van der Waals surface area contributed by atoms with E-state index >= 15 is 0 Å². The van der Waals surface area contributed by atoms with Gasteiger partial charge in [0.1, 0.15) is 0 Å². The number of hydrogen-bond donors (Lipinski definition) is 1. The summed E-state index contributed by atoms with van der Waals surface area (Å²) in [5.74, 6) is 0.701. The molecule has 76 valence electrons. The zero-order valence-electron chi connectivity index (χ0n) is 8.87. The zero-order valence-corrected chi connectivity index (χ0v) is 8.87. The van der Waals surface area contributed by atoms with Crippen LogP contribution in [-0.4, -0.2) is 30.6 Å². The number of likely N-dealkylation sites (N-methyl/N-ethyl adjacent to an activating group) is 1. The predicted molar refractivity (Wildman–Crippen MR) is 57.6 cm³/mol. The zero-order chi connectivity index (χ0) is 9.84. The van der Waals surface area contributed by atoms with Gasteiger partial charge in [-0.15, -0.1) is 6.58 Å². The van der Waals surface area contributed by atoms with Crippen molar-refractivity contribution < 1.29 is 0 Å². The summed E-state index contributed by atoms with van der Waals surface area (Å²) in [6, 6.07) is 1.15. The molecule has 0 spiro atoms. The van der Waals surface area contributed by atoms with Gasteiger partial charge in [0.05, 0.1) is 0 Å². The third kappa shape index (κ3) is 2.32. The topological polar surface area (TPSA) is 29.3 Å². The van der Waals surface area contributed by atoms with E-state index in [0.717, 1.165) is 6.54 Å². The second-order valence-electron chi connectivity index (χ2n) is 4.14. The van der Waals surface area contributed by atoms with Crippen LogP contribution in [0.25, 0.3) is 0 Å². The summed E-state index contributed by atoms with van der Waals surface area (Å²) in [5, 5.41) is 0. The van der Waals surface area contributed by atoms with Crippen LogP contribution in [0, 0.1) is 5.92 Å². The molecule has 1 rings (SSSR count). The van der Waals surface area contributed by atoms with Gasteiger partial charge in [0.2, 0.25) is 0 Å². The minimum Gasteiger partial charge on any atom is -0.330 e. The second kappa shape index (κ2) is 4.77. The van der Waals surface area contributed by atoms with E-state index < -0.39 is 0 Å². The van der Waals surface area contributed by atoms with Gasteiger partial charge >= 0.3 is 0 Å². The molecule has 0 saturated heterocycles. The maximum Gasteiger partial charge on any atom is 0.0247 e. The molecule has 0 heterocycles. The Labute approximate surface area is 81.8 Å². The molecule has 0 amide bonds. The Kier molecular flexibility index (Phi) is 3.94. The summed E-state index contributed by atoms with van der Waals surface area (Å²) in [4.78, 5) is 2.41. The lowest BCUT2D eigenvalue weighted by Crippen LogP contribution is -2.41. The van der Waals surface area contributed by atoms with Crippen LogP contribution in [0.4, 0.5) is 0 Å². The molecule has 3 atom stereocenters. The molecule has 1 aliphatic rings. The molecule has 0 aromatic carbocycles. The van der Waals surface area contributed by atoms with Crippen molar-refractivity contribution >= 4 is 0 Å². The SMILES string of the molecule is C=CC(C)N(C)C1CCCC1CN. The fourth-order valence-corrected chi connectivity index (χ4v) is 2.30. The lowest BCUT2D eigenvalue weighted by atomic mass is 10.0. The van der Waals surface area contributed by atoms with Gasteiger partial charge in [-0.3, -0.25) is 4.90 Å². The minimum atomic E-state index is 0.470. The largest absolute Gasteiger partial charge is 0.330 e. The molecule has 2 heteroatoms. The fourth-order valence-electron chi connectivity index (χ4n) is 2.30.